The third kappa shape index (κ3) is 2.67. The first-order valence-electron chi connectivity index (χ1n) is 7.16. The summed E-state index contributed by atoms with van der Waals surface area (Å²) in [4.78, 5) is 7.67. The predicted octanol–water partition coefficient (Wildman–Crippen LogP) is 3.49. The molecule has 0 radical (unpaired) electrons. The maximum Gasteiger partial charge on any atom is 0.294 e. The lowest BCUT2D eigenvalue weighted by molar-refractivity contribution is 0.113. The number of nitrogens with zero attached hydrogens (tertiary/aromatic N) is 1. The van der Waals surface area contributed by atoms with Gasteiger partial charge in [-0.2, -0.15) is 4.98 Å². The van der Waals surface area contributed by atoms with Gasteiger partial charge in [0.05, 0.1) is 11.0 Å². The van der Waals surface area contributed by atoms with Crippen molar-refractivity contribution in [2.75, 3.05) is 5.73 Å². The Hall–Kier alpha value is -1.71. The van der Waals surface area contributed by atoms with Crippen LogP contribution in [0.25, 0.3) is 11.0 Å². The minimum absolute atomic E-state index is 0.302. The molecule has 1 aromatic heterocycles. The van der Waals surface area contributed by atoms with Crippen molar-refractivity contribution in [3.05, 3.63) is 18.2 Å². The summed E-state index contributed by atoms with van der Waals surface area (Å²) in [6.45, 7) is 2.26. The van der Waals surface area contributed by atoms with Crippen LogP contribution in [0, 0.1) is 5.92 Å². The standard InChI is InChI=1S/C15H21N3O/c1-2-10-4-3-5-12(8-10)19-15-17-13-7-6-11(16)9-14(13)18-15/h6-7,9-10,12H,2-5,8,16H2,1H3,(H,17,18). The van der Waals surface area contributed by atoms with Crippen LogP contribution in [0.3, 0.4) is 0 Å². The number of hydrogen-bond acceptors (Lipinski definition) is 3. The highest BCUT2D eigenvalue weighted by atomic mass is 16.5. The van der Waals surface area contributed by atoms with E-state index in [4.69, 9.17) is 10.5 Å². The number of aromatic amines is 1. The second-order valence-corrected chi connectivity index (χ2v) is 5.50. The molecule has 3 N–H and O–H groups in total. The van der Waals surface area contributed by atoms with Gasteiger partial charge in [-0.1, -0.05) is 19.8 Å². The normalized spacial score (nSPS) is 23.6. The van der Waals surface area contributed by atoms with Crippen molar-refractivity contribution in [3.63, 3.8) is 0 Å². The molecule has 1 aliphatic carbocycles. The zero-order valence-electron chi connectivity index (χ0n) is 11.4. The number of nitrogens with two attached hydrogens (primary N) is 1. The number of imidazole rings is 1. The molecule has 1 heterocycles. The molecule has 2 unspecified atom stereocenters. The van der Waals surface area contributed by atoms with Crippen molar-refractivity contribution in [2.45, 2.75) is 45.1 Å². The molecule has 0 spiro atoms. The molecule has 102 valence electrons. The quantitative estimate of drug-likeness (QED) is 0.829. The number of hydrogen-bond donors (Lipinski definition) is 2. The molecule has 19 heavy (non-hydrogen) atoms. The van der Waals surface area contributed by atoms with E-state index in [1.807, 2.05) is 18.2 Å². The number of anilines is 1. The van der Waals surface area contributed by atoms with Crippen LogP contribution in [0.15, 0.2) is 18.2 Å². The highest BCUT2D eigenvalue weighted by molar-refractivity contribution is 5.79. The molecule has 1 aromatic carbocycles. The Morgan fingerprint density at radius 3 is 3.16 bits per heavy atom. The van der Waals surface area contributed by atoms with E-state index in [0.29, 0.717) is 12.1 Å². The summed E-state index contributed by atoms with van der Waals surface area (Å²) < 4.78 is 6.00. The van der Waals surface area contributed by atoms with Gasteiger partial charge in [-0.05, 0) is 43.4 Å². The summed E-state index contributed by atoms with van der Waals surface area (Å²) in [7, 11) is 0. The molecule has 0 amide bonds. The van der Waals surface area contributed by atoms with E-state index in [-0.39, 0.29) is 0 Å². The molecule has 1 aliphatic rings. The van der Waals surface area contributed by atoms with E-state index in [0.717, 1.165) is 35.5 Å². The summed E-state index contributed by atoms with van der Waals surface area (Å²) in [5.41, 5.74) is 8.36. The first kappa shape index (κ1) is 12.3. The minimum Gasteiger partial charge on any atom is -0.461 e. The smallest absolute Gasteiger partial charge is 0.294 e. The molecule has 0 saturated heterocycles. The summed E-state index contributed by atoms with van der Waals surface area (Å²) in [6, 6.07) is 6.30. The largest absolute Gasteiger partial charge is 0.461 e. The number of aromatic nitrogens is 2. The van der Waals surface area contributed by atoms with E-state index in [1.165, 1.54) is 19.3 Å². The number of nitrogen functional groups attached to an aromatic ring is 1. The third-order valence-corrected chi connectivity index (χ3v) is 4.07. The van der Waals surface area contributed by atoms with Crippen LogP contribution in [-0.4, -0.2) is 16.1 Å². The van der Waals surface area contributed by atoms with Gasteiger partial charge < -0.3 is 15.5 Å². The minimum atomic E-state index is 0.302. The number of H-pyrrole nitrogens is 1. The first-order valence-corrected chi connectivity index (χ1v) is 7.16. The molecule has 1 fully saturated rings. The second-order valence-electron chi connectivity index (χ2n) is 5.50. The number of nitrogens with one attached hydrogen (secondary N) is 1. The zero-order chi connectivity index (χ0) is 13.2. The van der Waals surface area contributed by atoms with Gasteiger partial charge in [0.15, 0.2) is 0 Å². The van der Waals surface area contributed by atoms with Crippen LogP contribution >= 0.6 is 0 Å². The molecule has 2 aromatic rings. The lowest BCUT2D eigenvalue weighted by Gasteiger charge is -2.27. The Bertz CT molecular complexity index is 564. The Balaban J connectivity index is 1.74. The van der Waals surface area contributed by atoms with Crippen molar-refractivity contribution in [2.24, 2.45) is 5.92 Å². The first-order chi connectivity index (χ1) is 9.24. The van der Waals surface area contributed by atoms with Gasteiger partial charge in [0.25, 0.3) is 6.01 Å². The second kappa shape index (κ2) is 5.11. The van der Waals surface area contributed by atoms with Gasteiger partial charge >= 0.3 is 0 Å². The fourth-order valence-corrected chi connectivity index (χ4v) is 2.94. The third-order valence-electron chi connectivity index (χ3n) is 4.07. The van der Waals surface area contributed by atoms with Gasteiger partial charge in [0, 0.05) is 5.69 Å². The van der Waals surface area contributed by atoms with Crippen LogP contribution < -0.4 is 10.5 Å². The topological polar surface area (TPSA) is 63.9 Å². The van der Waals surface area contributed by atoms with Crippen molar-refractivity contribution in [1.29, 1.82) is 0 Å². The van der Waals surface area contributed by atoms with Crippen molar-refractivity contribution in [1.82, 2.24) is 9.97 Å². The van der Waals surface area contributed by atoms with E-state index in [2.05, 4.69) is 16.9 Å². The van der Waals surface area contributed by atoms with Crippen molar-refractivity contribution in [3.8, 4) is 6.01 Å². The molecule has 0 aliphatic heterocycles. The molecule has 4 heteroatoms. The Labute approximate surface area is 113 Å². The van der Waals surface area contributed by atoms with Gasteiger partial charge in [0.2, 0.25) is 0 Å². The molecular weight excluding hydrogens is 238 g/mol. The molecule has 2 atom stereocenters. The van der Waals surface area contributed by atoms with Crippen LogP contribution in [-0.2, 0) is 0 Å². The summed E-state index contributed by atoms with van der Waals surface area (Å²) in [5.74, 6) is 0.804. The molecule has 4 nitrogen and oxygen atoms in total. The van der Waals surface area contributed by atoms with Crippen LogP contribution in [0.5, 0.6) is 6.01 Å². The average molecular weight is 259 g/mol. The maximum absolute atomic E-state index is 6.00. The SMILES string of the molecule is CCC1CCCC(Oc2nc3ccc(N)cc3[nH]2)C1. The summed E-state index contributed by atoms with van der Waals surface area (Å²) in [5, 5.41) is 0. The maximum atomic E-state index is 6.00. The van der Waals surface area contributed by atoms with Crippen molar-refractivity contribution < 1.29 is 4.74 Å². The Morgan fingerprint density at radius 2 is 2.32 bits per heavy atom. The van der Waals surface area contributed by atoms with Gasteiger partial charge in [-0.15, -0.1) is 0 Å². The number of rotatable bonds is 3. The molecule has 0 bridgehead atoms. The van der Waals surface area contributed by atoms with Crippen molar-refractivity contribution >= 4 is 16.7 Å². The predicted molar refractivity (Wildman–Crippen MR) is 77.2 cm³/mol. The highest BCUT2D eigenvalue weighted by Gasteiger charge is 2.22. The number of ether oxygens (including phenoxy) is 1. The van der Waals surface area contributed by atoms with E-state index < -0.39 is 0 Å². The summed E-state index contributed by atoms with van der Waals surface area (Å²) in [6.07, 6.45) is 6.43. The van der Waals surface area contributed by atoms with E-state index in [1.54, 1.807) is 0 Å². The van der Waals surface area contributed by atoms with Crippen LogP contribution in [0.4, 0.5) is 5.69 Å². The fourth-order valence-electron chi connectivity index (χ4n) is 2.94. The number of fused-ring (bicyclic) bond motifs is 1. The van der Waals surface area contributed by atoms with E-state index >= 15 is 0 Å². The Kier molecular flexibility index (Phi) is 3.32. The summed E-state index contributed by atoms with van der Waals surface area (Å²) >= 11 is 0. The lowest BCUT2D eigenvalue weighted by atomic mass is 9.86. The Morgan fingerprint density at radius 1 is 1.42 bits per heavy atom. The molecule has 1 saturated carbocycles. The molecular formula is C15H21N3O. The van der Waals surface area contributed by atoms with Gasteiger partial charge in [-0.25, -0.2) is 0 Å². The highest BCUT2D eigenvalue weighted by Crippen LogP contribution is 2.29. The fraction of sp³-hybridized carbons (Fsp3) is 0.533. The van der Waals surface area contributed by atoms with Gasteiger partial charge in [0.1, 0.15) is 6.10 Å². The number of benzene rings is 1. The molecule has 3 rings (SSSR count). The van der Waals surface area contributed by atoms with Crippen LogP contribution in [0.2, 0.25) is 0 Å². The average Bonchev–Trinajstić information content (AvgIpc) is 2.80. The lowest BCUT2D eigenvalue weighted by Crippen LogP contribution is -2.25. The zero-order valence-corrected chi connectivity index (χ0v) is 11.4. The van der Waals surface area contributed by atoms with Crippen LogP contribution in [0.1, 0.15) is 39.0 Å². The van der Waals surface area contributed by atoms with E-state index in [9.17, 15) is 0 Å². The van der Waals surface area contributed by atoms with Gasteiger partial charge in [-0.3, -0.25) is 0 Å². The monoisotopic (exact) mass is 259 g/mol.